The third kappa shape index (κ3) is 2.69. The number of aryl methyl sites for hydroxylation is 1. The van der Waals surface area contributed by atoms with Crippen LogP contribution in [0.1, 0.15) is 85.6 Å². The summed E-state index contributed by atoms with van der Waals surface area (Å²) in [6.45, 7) is 7.08. The van der Waals surface area contributed by atoms with Gasteiger partial charge in [-0.25, -0.2) is 4.98 Å². The topological polar surface area (TPSA) is 30.0 Å². The molecule has 3 heteroatoms. The Hall–Kier alpha value is -0.700. The summed E-state index contributed by atoms with van der Waals surface area (Å²) in [5, 5.41) is 1.25. The van der Waals surface area contributed by atoms with Crippen molar-refractivity contribution in [2.45, 2.75) is 71.6 Å². The zero-order chi connectivity index (χ0) is 14.3. The molecule has 1 aromatic rings. The van der Waals surface area contributed by atoms with Gasteiger partial charge in [-0.15, -0.1) is 11.3 Å². The second-order valence-corrected chi connectivity index (χ2v) is 8.63. The Morgan fingerprint density at radius 2 is 1.80 bits per heavy atom. The van der Waals surface area contributed by atoms with Crippen LogP contribution in [0.15, 0.2) is 0 Å². The van der Waals surface area contributed by atoms with Crippen molar-refractivity contribution < 1.29 is 4.79 Å². The molecule has 1 saturated carbocycles. The van der Waals surface area contributed by atoms with Crippen molar-refractivity contribution in [2.24, 2.45) is 11.3 Å². The van der Waals surface area contributed by atoms with Crippen LogP contribution in [0.3, 0.4) is 0 Å². The largest absolute Gasteiger partial charge is 0.292 e. The van der Waals surface area contributed by atoms with Crippen LogP contribution in [0.2, 0.25) is 0 Å². The monoisotopic (exact) mass is 291 g/mol. The first-order valence-corrected chi connectivity index (χ1v) is 8.79. The fourth-order valence-corrected chi connectivity index (χ4v) is 4.96. The van der Waals surface area contributed by atoms with Gasteiger partial charge in [-0.3, -0.25) is 4.79 Å². The van der Waals surface area contributed by atoms with Crippen molar-refractivity contribution >= 4 is 17.1 Å². The highest BCUT2D eigenvalue weighted by molar-refractivity contribution is 7.12. The predicted molar refractivity (Wildman–Crippen MR) is 83.5 cm³/mol. The molecule has 0 unspecified atom stereocenters. The van der Waals surface area contributed by atoms with E-state index in [1.54, 1.807) is 0 Å². The van der Waals surface area contributed by atoms with Crippen molar-refractivity contribution in [1.29, 1.82) is 0 Å². The highest BCUT2D eigenvalue weighted by atomic mass is 32.1. The van der Waals surface area contributed by atoms with Crippen molar-refractivity contribution in [3.63, 3.8) is 0 Å². The molecule has 0 N–H and O–H groups in total. The van der Waals surface area contributed by atoms with Gasteiger partial charge in [-0.2, -0.15) is 0 Å². The minimum atomic E-state index is 0.275. The number of nitrogens with zero attached hydrogens (tertiary/aromatic N) is 1. The maximum atomic E-state index is 11.9. The standard InChI is InChI=1S/C17H25NOS/c1-17(2,3)12-9-7-11(8-10-12)16-18-15-13(19)5-4-6-14(15)20-16/h11-12H,4-10H2,1-3H3. The quantitative estimate of drug-likeness (QED) is 0.730. The van der Waals surface area contributed by atoms with Crippen molar-refractivity contribution in [3.8, 4) is 0 Å². The molecule has 0 radical (unpaired) electrons. The molecule has 0 saturated heterocycles. The molecule has 0 atom stereocenters. The average Bonchev–Trinajstić information content (AvgIpc) is 2.83. The van der Waals surface area contributed by atoms with E-state index in [4.69, 9.17) is 4.98 Å². The SMILES string of the molecule is CC(C)(C)C1CCC(c2nc3c(s2)CCCC3=O)CC1. The van der Waals surface area contributed by atoms with Crippen molar-refractivity contribution in [1.82, 2.24) is 4.98 Å². The average molecular weight is 291 g/mol. The summed E-state index contributed by atoms with van der Waals surface area (Å²) in [6, 6.07) is 0. The molecule has 2 aliphatic rings. The summed E-state index contributed by atoms with van der Waals surface area (Å²) < 4.78 is 0. The summed E-state index contributed by atoms with van der Waals surface area (Å²) in [4.78, 5) is 17.9. The number of ketones is 1. The Balaban J connectivity index is 1.71. The van der Waals surface area contributed by atoms with Gasteiger partial charge >= 0.3 is 0 Å². The van der Waals surface area contributed by atoms with E-state index in [1.165, 1.54) is 35.6 Å². The van der Waals surface area contributed by atoms with Crippen LogP contribution in [0.4, 0.5) is 0 Å². The molecule has 1 fully saturated rings. The van der Waals surface area contributed by atoms with Crippen molar-refractivity contribution in [2.75, 3.05) is 0 Å². The molecular formula is C17H25NOS. The van der Waals surface area contributed by atoms with Crippen molar-refractivity contribution in [3.05, 3.63) is 15.6 Å². The number of fused-ring (bicyclic) bond motifs is 1. The fraction of sp³-hybridized carbons (Fsp3) is 0.765. The second-order valence-electron chi connectivity index (χ2n) is 7.52. The van der Waals surface area contributed by atoms with E-state index in [9.17, 15) is 4.79 Å². The molecule has 3 rings (SSSR count). The summed E-state index contributed by atoms with van der Waals surface area (Å²) in [6.07, 6.45) is 7.91. The Bertz CT molecular complexity index is 504. The zero-order valence-electron chi connectivity index (χ0n) is 12.9. The van der Waals surface area contributed by atoms with Crippen LogP contribution < -0.4 is 0 Å². The number of hydrogen-bond donors (Lipinski definition) is 0. The third-order valence-electron chi connectivity index (χ3n) is 5.09. The van der Waals surface area contributed by atoms with Gasteiger partial charge in [0.05, 0.1) is 5.01 Å². The summed E-state index contributed by atoms with van der Waals surface area (Å²) >= 11 is 1.82. The maximum Gasteiger partial charge on any atom is 0.182 e. The number of aromatic nitrogens is 1. The maximum absolute atomic E-state index is 11.9. The van der Waals surface area contributed by atoms with Crippen LogP contribution in [0, 0.1) is 11.3 Å². The predicted octanol–water partition coefficient (Wildman–Crippen LogP) is 4.98. The number of thiazole rings is 1. The Labute approximate surface area is 126 Å². The fourth-order valence-electron chi connectivity index (χ4n) is 3.67. The summed E-state index contributed by atoms with van der Waals surface area (Å²) in [5.41, 5.74) is 1.25. The van der Waals surface area contributed by atoms with Gasteiger partial charge in [0.15, 0.2) is 5.78 Å². The van der Waals surface area contributed by atoms with Crippen LogP contribution in [0.5, 0.6) is 0 Å². The molecule has 0 aromatic carbocycles. The van der Waals surface area contributed by atoms with Gasteiger partial charge in [-0.05, 0) is 49.9 Å². The van der Waals surface area contributed by atoms with Crippen LogP contribution in [-0.4, -0.2) is 10.8 Å². The molecule has 2 aliphatic carbocycles. The molecular weight excluding hydrogens is 266 g/mol. The minimum absolute atomic E-state index is 0.275. The number of carbonyl (C=O) groups is 1. The van der Waals surface area contributed by atoms with E-state index >= 15 is 0 Å². The summed E-state index contributed by atoms with van der Waals surface area (Å²) in [7, 11) is 0. The lowest BCUT2D eigenvalue weighted by Crippen LogP contribution is -2.25. The number of carbonyl (C=O) groups excluding carboxylic acids is 1. The molecule has 110 valence electrons. The Morgan fingerprint density at radius 3 is 2.40 bits per heavy atom. The zero-order valence-corrected chi connectivity index (χ0v) is 13.7. The molecule has 2 nitrogen and oxygen atoms in total. The molecule has 1 aromatic heterocycles. The first-order valence-electron chi connectivity index (χ1n) is 7.98. The number of rotatable bonds is 1. The minimum Gasteiger partial charge on any atom is -0.292 e. The third-order valence-corrected chi connectivity index (χ3v) is 6.36. The number of hydrogen-bond acceptors (Lipinski definition) is 3. The molecule has 0 spiro atoms. The normalized spacial score (nSPS) is 27.4. The van der Waals surface area contributed by atoms with E-state index in [-0.39, 0.29) is 5.78 Å². The van der Waals surface area contributed by atoms with Gasteiger partial charge < -0.3 is 0 Å². The second kappa shape index (κ2) is 5.25. The van der Waals surface area contributed by atoms with E-state index < -0.39 is 0 Å². The first kappa shape index (κ1) is 14.2. The van der Waals surface area contributed by atoms with E-state index in [0.29, 0.717) is 17.8 Å². The van der Waals surface area contributed by atoms with Gasteiger partial charge in [0.1, 0.15) is 5.69 Å². The van der Waals surface area contributed by atoms with E-state index in [0.717, 1.165) is 24.5 Å². The highest BCUT2D eigenvalue weighted by Crippen LogP contribution is 2.44. The molecule has 1 heterocycles. The summed E-state index contributed by atoms with van der Waals surface area (Å²) in [5.74, 6) is 1.73. The van der Waals surface area contributed by atoms with Gasteiger partial charge in [-0.1, -0.05) is 20.8 Å². The molecule has 0 aliphatic heterocycles. The van der Waals surface area contributed by atoms with Gasteiger partial charge in [0.2, 0.25) is 0 Å². The molecule has 20 heavy (non-hydrogen) atoms. The Kier molecular flexibility index (Phi) is 3.74. The van der Waals surface area contributed by atoms with Crippen LogP contribution in [-0.2, 0) is 6.42 Å². The smallest absolute Gasteiger partial charge is 0.182 e. The van der Waals surface area contributed by atoms with Crippen LogP contribution in [0.25, 0.3) is 0 Å². The number of Topliss-reactive ketones (excluding diaryl/α,β-unsaturated/α-hetero) is 1. The van der Waals surface area contributed by atoms with E-state index in [1.807, 2.05) is 11.3 Å². The lowest BCUT2D eigenvalue weighted by atomic mass is 9.70. The molecule has 0 amide bonds. The first-order chi connectivity index (χ1) is 9.45. The van der Waals surface area contributed by atoms with E-state index in [2.05, 4.69) is 20.8 Å². The lowest BCUT2D eigenvalue weighted by molar-refractivity contribution is 0.0968. The van der Waals surface area contributed by atoms with Gasteiger partial charge in [0, 0.05) is 17.2 Å². The Morgan fingerprint density at radius 1 is 1.10 bits per heavy atom. The van der Waals surface area contributed by atoms with Gasteiger partial charge in [0.25, 0.3) is 0 Å². The molecule has 0 bridgehead atoms. The van der Waals surface area contributed by atoms with Crippen LogP contribution >= 0.6 is 11.3 Å². The lowest BCUT2D eigenvalue weighted by Gasteiger charge is -2.36. The highest BCUT2D eigenvalue weighted by Gasteiger charge is 2.32.